The van der Waals surface area contributed by atoms with Gasteiger partial charge in [-0.2, -0.15) is 0 Å². The van der Waals surface area contributed by atoms with Gasteiger partial charge in [-0.3, -0.25) is 0 Å². The summed E-state index contributed by atoms with van der Waals surface area (Å²) >= 11 is 5.49. The van der Waals surface area contributed by atoms with Crippen LogP contribution in [0.25, 0.3) is 0 Å². The van der Waals surface area contributed by atoms with Crippen molar-refractivity contribution < 1.29 is 4.74 Å². The molecule has 0 spiro atoms. The van der Waals surface area contributed by atoms with Crippen LogP contribution in [0.5, 0.6) is 0 Å². The predicted octanol–water partition coefficient (Wildman–Crippen LogP) is 4.51. The van der Waals surface area contributed by atoms with E-state index < -0.39 is 0 Å². The van der Waals surface area contributed by atoms with Gasteiger partial charge in [0.25, 0.3) is 0 Å². The molecule has 1 N–H and O–H groups in total. The molecule has 2 rings (SSSR count). The van der Waals surface area contributed by atoms with Gasteiger partial charge in [-0.1, -0.05) is 26.2 Å². The zero-order valence-corrected chi connectivity index (χ0v) is 13.6. The topological polar surface area (TPSA) is 21.3 Å². The molecule has 1 fully saturated rings. The Bertz CT molecular complexity index is 374. The number of likely N-dealkylation sites (N-methyl/N-ethyl adjacent to an activating group) is 1. The first-order valence-electron chi connectivity index (χ1n) is 6.75. The minimum atomic E-state index is -0.0262. The summed E-state index contributed by atoms with van der Waals surface area (Å²) in [6.45, 7) is 3.14. The fraction of sp³-hybridized carbons (Fsp3) is 0.714. The van der Waals surface area contributed by atoms with Crippen molar-refractivity contribution in [2.24, 2.45) is 0 Å². The van der Waals surface area contributed by atoms with Crippen LogP contribution >= 0.6 is 27.3 Å². The summed E-state index contributed by atoms with van der Waals surface area (Å²) in [7, 11) is 1.87. The van der Waals surface area contributed by atoms with Crippen molar-refractivity contribution in [3.63, 3.8) is 0 Å². The van der Waals surface area contributed by atoms with Crippen LogP contribution in [-0.2, 0) is 4.74 Å². The Morgan fingerprint density at radius 3 is 2.67 bits per heavy atom. The van der Waals surface area contributed by atoms with E-state index >= 15 is 0 Å². The number of hydrogen-bond acceptors (Lipinski definition) is 3. The van der Waals surface area contributed by atoms with Crippen LogP contribution in [0.3, 0.4) is 0 Å². The number of halogens is 1. The number of ether oxygens (including phenoxy) is 1. The Balaban J connectivity index is 2.30. The van der Waals surface area contributed by atoms with Crippen LogP contribution in [0.4, 0.5) is 0 Å². The summed E-state index contributed by atoms with van der Waals surface area (Å²) in [5.74, 6) is 0. The molecule has 0 aliphatic heterocycles. The van der Waals surface area contributed by atoms with E-state index in [0.717, 1.165) is 19.4 Å². The van der Waals surface area contributed by atoms with Crippen molar-refractivity contribution in [1.29, 1.82) is 0 Å². The number of rotatable bonds is 5. The van der Waals surface area contributed by atoms with Crippen LogP contribution in [0.2, 0.25) is 0 Å². The molecule has 1 atom stereocenters. The molecular weight excluding hydrogens is 310 g/mol. The first kappa shape index (κ1) is 14.5. The van der Waals surface area contributed by atoms with E-state index in [-0.39, 0.29) is 5.60 Å². The third kappa shape index (κ3) is 2.82. The van der Waals surface area contributed by atoms with Gasteiger partial charge in [0, 0.05) is 16.5 Å². The fourth-order valence-corrected chi connectivity index (χ4v) is 4.78. The molecule has 1 aliphatic carbocycles. The van der Waals surface area contributed by atoms with Gasteiger partial charge in [-0.05, 0) is 46.8 Å². The van der Waals surface area contributed by atoms with Crippen molar-refractivity contribution in [2.45, 2.75) is 50.7 Å². The van der Waals surface area contributed by atoms with Gasteiger partial charge in [0.15, 0.2) is 0 Å². The Morgan fingerprint density at radius 2 is 2.17 bits per heavy atom. The zero-order valence-electron chi connectivity index (χ0n) is 11.2. The molecule has 1 aromatic rings. The average Bonchev–Trinajstić information content (AvgIpc) is 2.83. The standard InChI is InChI=1S/C14H22BrNOS/c1-3-16-13(12-11(15)7-10-18-12)14(17-2)8-5-4-6-9-14/h7,10,13,16H,3-6,8-9H2,1-2H3. The molecule has 1 heterocycles. The van der Waals surface area contributed by atoms with Crippen LogP contribution in [0.15, 0.2) is 15.9 Å². The molecule has 1 aliphatic rings. The van der Waals surface area contributed by atoms with Gasteiger partial charge >= 0.3 is 0 Å². The van der Waals surface area contributed by atoms with E-state index in [0.29, 0.717) is 6.04 Å². The molecule has 0 radical (unpaired) electrons. The lowest BCUT2D eigenvalue weighted by atomic mass is 9.78. The maximum Gasteiger partial charge on any atom is 0.0880 e. The third-order valence-corrected chi connectivity index (χ3v) is 5.88. The Hall–Kier alpha value is 0.1000. The van der Waals surface area contributed by atoms with Gasteiger partial charge in [0.05, 0.1) is 11.6 Å². The van der Waals surface area contributed by atoms with Gasteiger partial charge in [0.2, 0.25) is 0 Å². The lowest BCUT2D eigenvalue weighted by molar-refractivity contribution is -0.0677. The lowest BCUT2D eigenvalue weighted by Gasteiger charge is -2.42. The Kier molecular flexibility index (Phi) is 5.24. The molecule has 1 aromatic heterocycles. The average molecular weight is 332 g/mol. The van der Waals surface area contributed by atoms with Crippen LogP contribution < -0.4 is 5.32 Å². The maximum absolute atomic E-state index is 6.00. The largest absolute Gasteiger partial charge is 0.376 e. The van der Waals surface area contributed by atoms with Gasteiger partial charge < -0.3 is 10.1 Å². The van der Waals surface area contributed by atoms with Crippen LogP contribution in [-0.4, -0.2) is 19.3 Å². The molecule has 2 nitrogen and oxygen atoms in total. The highest BCUT2D eigenvalue weighted by Gasteiger charge is 2.41. The summed E-state index contributed by atoms with van der Waals surface area (Å²) in [6.07, 6.45) is 6.21. The minimum Gasteiger partial charge on any atom is -0.376 e. The summed E-state index contributed by atoms with van der Waals surface area (Å²) in [5.41, 5.74) is -0.0262. The summed E-state index contributed by atoms with van der Waals surface area (Å²) < 4.78 is 7.20. The lowest BCUT2D eigenvalue weighted by Crippen LogP contribution is -2.46. The summed E-state index contributed by atoms with van der Waals surface area (Å²) in [6, 6.07) is 2.44. The molecule has 4 heteroatoms. The van der Waals surface area contributed by atoms with E-state index in [1.54, 1.807) is 0 Å². The Labute approximate surface area is 122 Å². The summed E-state index contributed by atoms with van der Waals surface area (Å²) in [5, 5.41) is 5.79. The van der Waals surface area contributed by atoms with E-state index in [4.69, 9.17) is 4.74 Å². The monoisotopic (exact) mass is 331 g/mol. The highest BCUT2D eigenvalue weighted by atomic mass is 79.9. The van der Waals surface area contributed by atoms with Crippen molar-refractivity contribution in [2.75, 3.05) is 13.7 Å². The zero-order chi connectivity index (χ0) is 13.0. The second-order valence-corrected chi connectivity index (χ2v) is 6.76. The van der Waals surface area contributed by atoms with Crippen molar-refractivity contribution in [3.05, 3.63) is 20.8 Å². The smallest absolute Gasteiger partial charge is 0.0880 e. The van der Waals surface area contributed by atoms with Crippen molar-refractivity contribution in [1.82, 2.24) is 5.32 Å². The van der Waals surface area contributed by atoms with E-state index in [9.17, 15) is 0 Å². The second-order valence-electron chi connectivity index (χ2n) is 4.95. The van der Waals surface area contributed by atoms with Gasteiger partial charge in [0.1, 0.15) is 0 Å². The third-order valence-electron chi connectivity index (χ3n) is 3.95. The molecule has 1 unspecified atom stereocenters. The number of methoxy groups -OCH3 is 1. The van der Waals surface area contributed by atoms with Crippen LogP contribution in [0, 0.1) is 0 Å². The number of nitrogens with one attached hydrogen (secondary N) is 1. The molecule has 0 bridgehead atoms. The fourth-order valence-electron chi connectivity index (χ4n) is 2.99. The number of hydrogen-bond donors (Lipinski definition) is 1. The molecule has 102 valence electrons. The molecule has 0 aromatic carbocycles. The predicted molar refractivity (Wildman–Crippen MR) is 81.3 cm³/mol. The SMILES string of the molecule is CCNC(c1sccc1Br)C1(OC)CCCCC1. The first-order valence-corrected chi connectivity index (χ1v) is 8.42. The molecule has 0 saturated heterocycles. The van der Waals surface area contributed by atoms with E-state index in [1.165, 1.54) is 28.6 Å². The molecule has 1 saturated carbocycles. The van der Waals surface area contributed by atoms with Crippen molar-refractivity contribution >= 4 is 27.3 Å². The molecule has 18 heavy (non-hydrogen) atoms. The van der Waals surface area contributed by atoms with Gasteiger partial charge in [-0.15, -0.1) is 11.3 Å². The van der Waals surface area contributed by atoms with E-state index in [1.807, 2.05) is 18.4 Å². The number of thiophene rings is 1. The van der Waals surface area contributed by atoms with E-state index in [2.05, 4.69) is 39.6 Å². The highest BCUT2D eigenvalue weighted by Crippen LogP contribution is 2.44. The normalized spacial score (nSPS) is 20.8. The quantitative estimate of drug-likeness (QED) is 0.856. The first-order chi connectivity index (χ1) is 8.73. The van der Waals surface area contributed by atoms with Crippen LogP contribution in [0.1, 0.15) is 49.9 Å². The second kappa shape index (κ2) is 6.51. The Morgan fingerprint density at radius 1 is 1.44 bits per heavy atom. The highest BCUT2D eigenvalue weighted by molar-refractivity contribution is 9.10. The van der Waals surface area contributed by atoms with Gasteiger partial charge in [-0.25, -0.2) is 0 Å². The molecular formula is C14H22BrNOS. The summed E-state index contributed by atoms with van der Waals surface area (Å²) in [4.78, 5) is 1.38. The minimum absolute atomic E-state index is 0.0262. The molecule has 0 amide bonds. The van der Waals surface area contributed by atoms with Crippen molar-refractivity contribution in [3.8, 4) is 0 Å². The maximum atomic E-state index is 6.00.